The average Bonchev–Trinajstić information content (AvgIpc) is 3.18. The van der Waals surface area contributed by atoms with Gasteiger partial charge in [0.2, 0.25) is 5.91 Å². The van der Waals surface area contributed by atoms with E-state index in [1.54, 1.807) is 26.0 Å². The molecule has 7 nitrogen and oxygen atoms in total. The molecular weight excluding hydrogens is 347 g/mol. The van der Waals surface area contributed by atoms with E-state index in [2.05, 4.69) is 15.5 Å². The van der Waals surface area contributed by atoms with Gasteiger partial charge in [0.25, 0.3) is 0 Å². The highest BCUT2D eigenvalue weighted by molar-refractivity contribution is 7.14. The smallest absolute Gasteiger partial charge is 0.414 e. The lowest BCUT2D eigenvalue weighted by molar-refractivity contribution is -0.120. The lowest BCUT2D eigenvalue weighted by Gasteiger charge is -2.22. The number of nitrogens with one attached hydrogen (secondary N) is 1. The fourth-order valence-corrected chi connectivity index (χ4v) is 3.24. The van der Waals surface area contributed by atoms with E-state index in [0.717, 1.165) is 5.01 Å². The monoisotopic (exact) mass is 364 g/mol. The SMILES string of the molecule is CCC(=O)NC[C@H]1COC(=O)N1c1ccc(-c2nnc(C)s2)c(F)c1. The van der Waals surface area contributed by atoms with Crippen LogP contribution in [-0.4, -0.2) is 41.4 Å². The number of halogens is 1. The Morgan fingerprint density at radius 1 is 1.48 bits per heavy atom. The number of aromatic nitrogens is 2. The summed E-state index contributed by atoms with van der Waals surface area (Å²) < 4.78 is 19.6. The zero-order chi connectivity index (χ0) is 18.0. The number of rotatable bonds is 5. The van der Waals surface area contributed by atoms with Crippen LogP contribution in [0.15, 0.2) is 18.2 Å². The number of benzene rings is 1. The van der Waals surface area contributed by atoms with Gasteiger partial charge in [-0.05, 0) is 25.1 Å². The number of aryl methyl sites for hydroxylation is 1. The molecule has 132 valence electrons. The second-order valence-electron chi connectivity index (χ2n) is 5.55. The van der Waals surface area contributed by atoms with Crippen LogP contribution in [-0.2, 0) is 9.53 Å². The molecule has 1 atom stereocenters. The number of nitrogens with zero attached hydrogens (tertiary/aromatic N) is 3. The number of amides is 2. The standard InChI is InChI=1S/C16H17FN4O3S/c1-3-14(22)18-7-11-8-24-16(23)21(11)10-4-5-12(13(17)6-10)15-20-19-9(2)25-15/h4-6,11H,3,7-8H2,1-2H3,(H,18,22)/t11-/m0/s1. The number of carbonyl (C=O) groups is 2. The third kappa shape index (κ3) is 3.60. The van der Waals surface area contributed by atoms with Gasteiger partial charge in [-0.15, -0.1) is 10.2 Å². The van der Waals surface area contributed by atoms with E-state index in [1.165, 1.54) is 22.3 Å². The van der Waals surface area contributed by atoms with Crippen LogP contribution in [0.4, 0.5) is 14.9 Å². The minimum Gasteiger partial charge on any atom is -0.447 e. The van der Waals surface area contributed by atoms with Gasteiger partial charge in [-0.1, -0.05) is 18.3 Å². The van der Waals surface area contributed by atoms with Crippen molar-refractivity contribution in [2.45, 2.75) is 26.3 Å². The Bertz CT molecular complexity index is 810. The van der Waals surface area contributed by atoms with Gasteiger partial charge in [-0.2, -0.15) is 0 Å². The molecule has 9 heteroatoms. The highest BCUT2D eigenvalue weighted by atomic mass is 32.1. The van der Waals surface area contributed by atoms with Crippen LogP contribution in [0.1, 0.15) is 18.4 Å². The second kappa shape index (κ2) is 7.14. The van der Waals surface area contributed by atoms with Gasteiger partial charge in [0, 0.05) is 18.5 Å². The van der Waals surface area contributed by atoms with Crippen LogP contribution in [0, 0.1) is 12.7 Å². The maximum absolute atomic E-state index is 14.5. The van der Waals surface area contributed by atoms with Crippen LogP contribution >= 0.6 is 11.3 Å². The highest BCUT2D eigenvalue weighted by Gasteiger charge is 2.34. The van der Waals surface area contributed by atoms with E-state index < -0.39 is 11.9 Å². The van der Waals surface area contributed by atoms with Crippen molar-refractivity contribution in [3.8, 4) is 10.6 Å². The highest BCUT2D eigenvalue weighted by Crippen LogP contribution is 2.31. The van der Waals surface area contributed by atoms with Crippen molar-refractivity contribution >= 4 is 29.0 Å². The predicted molar refractivity (Wildman–Crippen MR) is 91.0 cm³/mol. The first-order valence-electron chi connectivity index (χ1n) is 7.82. The molecule has 2 aromatic rings. The van der Waals surface area contributed by atoms with E-state index in [9.17, 15) is 14.0 Å². The third-order valence-corrected chi connectivity index (χ3v) is 4.68. The zero-order valence-corrected chi connectivity index (χ0v) is 14.6. The molecule has 0 radical (unpaired) electrons. The van der Waals surface area contributed by atoms with Crippen molar-refractivity contribution in [3.63, 3.8) is 0 Å². The quantitative estimate of drug-likeness (QED) is 0.881. The Balaban J connectivity index is 1.83. The molecule has 1 N–H and O–H groups in total. The summed E-state index contributed by atoms with van der Waals surface area (Å²) in [7, 11) is 0. The molecule has 3 rings (SSSR count). The number of carbonyl (C=O) groups excluding carboxylic acids is 2. The average molecular weight is 364 g/mol. The first-order valence-corrected chi connectivity index (χ1v) is 8.64. The molecule has 1 saturated heterocycles. The minimum absolute atomic E-state index is 0.118. The number of hydrogen-bond acceptors (Lipinski definition) is 6. The predicted octanol–water partition coefficient (Wildman–Crippen LogP) is 2.50. The van der Waals surface area contributed by atoms with Crippen LogP contribution < -0.4 is 10.2 Å². The van der Waals surface area contributed by atoms with Crippen molar-refractivity contribution < 1.29 is 18.7 Å². The molecule has 25 heavy (non-hydrogen) atoms. The number of cyclic esters (lactones) is 1. The number of hydrogen-bond donors (Lipinski definition) is 1. The van der Waals surface area contributed by atoms with Gasteiger partial charge in [0.1, 0.15) is 17.4 Å². The summed E-state index contributed by atoms with van der Waals surface area (Å²) in [6.45, 7) is 3.93. The van der Waals surface area contributed by atoms with Crippen molar-refractivity contribution in [2.75, 3.05) is 18.1 Å². The number of ether oxygens (including phenoxy) is 1. The molecule has 2 amide bonds. The summed E-state index contributed by atoms with van der Waals surface area (Å²) in [6, 6.07) is 4.10. The molecule has 0 aliphatic carbocycles. The number of anilines is 1. The molecule has 0 spiro atoms. The Kier molecular flexibility index (Phi) is 4.93. The van der Waals surface area contributed by atoms with Gasteiger partial charge in [0.15, 0.2) is 5.01 Å². The summed E-state index contributed by atoms with van der Waals surface area (Å²) in [5.74, 6) is -0.614. The zero-order valence-electron chi connectivity index (χ0n) is 13.8. The molecule has 1 aliphatic heterocycles. The van der Waals surface area contributed by atoms with E-state index in [-0.39, 0.29) is 25.1 Å². The molecule has 0 saturated carbocycles. The fraction of sp³-hybridized carbons (Fsp3) is 0.375. The van der Waals surface area contributed by atoms with E-state index in [4.69, 9.17) is 4.74 Å². The van der Waals surface area contributed by atoms with Gasteiger partial charge in [-0.25, -0.2) is 9.18 Å². The van der Waals surface area contributed by atoms with E-state index >= 15 is 0 Å². The maximum atomic E-state index is 14.5. The first-order chi connectivity index (χ1) is 12.0. The van der Waals surface area contributed by atoms with Crippen LogP contribution in [0.2, 0.25) is 0 Å². The molecule has 1 aromatic carbocycles. The van der Waals surface area contributed by atoms with Crippen molar-refractivity contribution in [3.05, 3.63) is 29.0 Å². The van der Waals surface area contributed by atoms with Gasteiger partial charge in [0.05, 0.1) is 11.7 Å². The summed E-state index contributed by atoms with van der Waals surface area (Å²) in [4.78, 5) is 24.8. The summed E-state index contributed by atoms with van der Waals surface area (Å²) in [5, 5.41) is 11.8. The lowest BCUT2D eigenvalue weighted by atomic mass is 10.1. The summed E-state index contributed by atoms with van der Waals surface area (Å²) in [5.41, 5.74) is 0.707. The molecule has 0 bridgehead atoms. The summed E-state index contributed by atoms with van der Waals surface area (Å²) in [6.07, 6.45) is -0.207. The Morgan fingerprint density at radius 2 is 2.28 bits per heavy atom. The largest absolute Gasteiger partial charge is 0.447 e. The first kappa shape index (κ1) is 17.3. The van der Waals surface area contributed by atoms with Crippen LogP contribution in [0.25, 0.3) is 10.6 Å². The Labute approximate surface area is 147 Å². The maximum Gasteiger partial charge on any atom is 0.414 e. The fourth-order valence-electron chi connectivity index (χ4n) is 2.52. The van der Waals surface area contributed by atoms with Gasteiger partial charge < -0.3 is 10.1 Å². The Hall–Kier alpha value is -2.55. The molecule has 1 aromatic heterocycles. The van der Waals surface area contributed by atoms with Crippen LogP contribution in [0.5, 0.6) is 0 Å². The topological polar surface area (TPSA) is 84.4 Å². The van der Waals surface area contributed by atoms with Gasteiger partial charge in [-0.3, -0.25) is 9.69 Å². The van der Waals surface area contributed by atoms with Crippen molar-refractivity contribution in [2.24, 2.45) is 0 Å². The Morgan fingerprint density at radius 3 is 2.92 bits per heavy atom. The third-order valence-electron chi connectivity index (χ3n) is 3.80. The van der Waals surface area contributed by atoms with Gasteiger partial charge >= 0.3 is 6.09 Å². The van der Waals surface area contributed by atoms with E-state index in [1.807, 2.05) is 0 Å². The molecule has 1 fully saturated rings. The van der Waals surface area contributed by atoms with E-state index in [0.29, 0.717) is 22.7 Å². The minimum atomic E-state index is -0.561. The van der Waals surface area contributed by atoms with Crippen LogP contribution in [0.3, 0.4) is 0 Å². The molecular formula is C16H17FN4O3S. The van der Waals surface area contributed by atoms with Crippen molar-refractivity contribution in [1.82, 2.24) is 15.5 Å². The second-order valence-corrected chi connectivity index (χ2v) is 6.73. The molecule has 2 heterocycles. The summed E-state index contributed by atoms with van der Waals surface area (Å²) >= 11 is 1.29. The lowest BCUT2D eigenvalue weighted by Crippen LogP contribution is -2.42. The van der Waals surface area contributed by atoms with Crippen molar-refractivity contribution in [1.29, 1.82) is 0 Å². The molecule has 1 aliphatic rings. The molecule has 0 unspecified atom stereocenters. The normalized spacial score (nSPS) is 16.8.